The summed E-state index contributed by atoms with van der Waals surface area (Å²) in [6.45, 7) is 4.10. The maximum Gasteiger partial charge on any atom is 0.227 e. The molecule has 1 aromatic heterocycles. The van der Waals surface area contributed by atoms with Gasteiger partial charge in [0.25, 0.3) is 0 Å². The lowest BCUT2D eigenvalue weighted by Gasteiger charge is -2.20. The number of rotatable bonds is 9. The van der Waals surface area contributed by atoms with E-state index in [2.05, 4.69) is 29.7 Å². The van der Waals surface area contributed by atoms with Crippen LogP contribution in [-0.4, -0.2) is 35.7 Å². The van der Waals surface area contributed by atoms with E-state index >= 15 is 0 Å². The Morgan fingerprint density at radius 3 is 2.54 bits per heavy atom. The lowest BCUT2D eigenvalue weighted by molar-refractivity contribution is -0.117. The van der Waals surface area contributed by atoms with Gasteiger partial charge in [0.05, 0.1) is 24.8 Å². The van der Waals surface area contributed by atoms with E-state index in [1.165, 1.54) is 5.56 Å². The summed E-state index contributed by atoms with van der Waals surface area (Å²) >= 11 is 0. The second-order valence-electron chi connectivity index (χ2n) is 8.85. The van der Waals surface area contributed by atoms with Gasteiger partial charge in [-0.2, -0.15) is 0 Å². The Bertz CT molecular complexity index is 1330. The van der Waals surface area contributed by atoms with Crippen LogP contribution in [0.15, 0.2) is 72.8 Å². The predicted molar refractivity (Wildman–Crippen MR) is 138 cm³/mol. The van der Waals surface area contributed by atoms with Crippen LogP contribution in [0.3, 0.4) is 0 Å². The van der Waals surface area contributed by atoms with Crippen molar-refractivity contribution in [1.29, 1.82) is 0 Å². The number of nitrogens with zero attached hydrogens (tertiary/aromatic N) is 3. The molecule has 0 bridgehead atoms. The predicted octanol–water partition coefficient (Wildman–Crippen LogP) is 5.60. The number of imidazole rings is 1. The minimum atomic E-state index is 0.0509. The number of para-hydroxylation sites is 5. The van der Waals surface area contributed by atoms with Gasteiger partial charge in [-0.15, -0.1) is 0 Å². The third-order valence-corrected chi connectivity index (χ3v) is 6.69. The van der Waals surface area contributed by atoms with E-state index in [9.17, 15) is 4.79 Å². The van der Waals surface area contributed by atoms with Crippen molar-refractivity contribution in [2.45, 2.75) is 38.6 Å². The number of hydrogen-bond acceptors (Lipinski definition) is 4. The summed E-state index contributed by atoms with van der Waals surface area (Å²) in [5.41, 5.74) is 4.28. The summed E-state index contributed by atoms with van der Waals surface area (Å²) in [6.07, 6.45) is 2.18. The van der Waals surface area contributed by atoms with Gasteiger partial charge in [-0.1, -0.05) is 49.4 Å². The SMILES string of the molecule is CCc1ccccc1N1C[C@@H](c2nc3ccccc3n2CCCOc2ccccc2OC)CC1=O. The van der Waals surface area contributed by atoms with Crippen LogP contribution in [0.5, 0.6) is 11.5 Å². The highest BCUT2D eigenvalue weighted by atomic mass is 16.5. The fourth-order valence-electron chi connectivity index (χ4n) is 4.97. The molecule has 3 aromatic carbocycles. The van der Waals surface area contributed by atoms with Crippen LogP contribution in [0.2, 0.25) is 0 Å². The smallest absolute Gasteiger partial charge is 0.227 e. The van der Waals surface area contributed by atoms with Crippen LogP contribution < -0.4 is 14.4 Å². The average molecular weight is 470 g/mol. The topological polar surface area (TPSA) is 56.6 Å². The first-order chi connectivity index (χ1) is 17.2. The van der Waals surface area contributed by atoms with Gasteiger partial charge in [0, 0.05) is 31.1 Å². The van der Waals surface area contributed by atoms with Gasteiger partial charge >= 0.3 is 0 Å². The maximum atomic E-state index is 13.1. The number of methoxy groups -OCH3 is 1. The highest BCUT2D eigenvalue weighted by Crippen LogP contribution is 2.35. The van der Waals surface area contributed by atoms with Crippen LogP contribution in [-0.2, 0) is 17.8 Å². The molecular formula is C29H31N3O3. The average Bonchev–Trinajstić information content (AvgIpc) is 3.47. The molecule has 0 spiro atoms. The van der Waals surface area contributed by atoms with E-state index in [4.69, 9.17) is 14.5 Å². The molecule has 1 fully saturated rings. The van der Waals surface area contributed by atoms with E-state index < -0.39 is 0 Å². The molecule has 4 aromatic rings. The standard InChI is InChI=1S/C29H31N3O3/c1-3-21-11-4-6-13-24(21)32-20-22(19-28(32)33)29-30-23-12-5-7-14-25(23)31(29)17-10-18-35-27-16-9-8-15-26(27)34-2/h4-9,11-16,22H,3,10,17-20H2,1-2H3/t22-/m0/s1. The van der Waals surface area contributed by atoms with Crippen LogP contribution in [0.4, 0.5) is 5.69 Å². The fourth-order valence-corrected chi connectivity index (χ4v) is 4.97. The monoisotopic (exact) mass is 469 g/mol. The van der Waals surface area contributed by atoms with E-state index in [0.717, 1.165) is 53.4 Å². The molecule has 1 aliphatic rings. The number of carbonyl (C=O) groups is 1. The summed E-state index contributed by atoms with van der Waals surface area (Å²) < 4.78 is 13.7. The molecule has 180 valence electrons. The number of aromatic nitrogens is 2. The number of hydrogen-bond donors (Lipinski definition) is 0. The van der Waals surface area contributed by atoms with Gasteiger partial charge < -0.3 is 18.9 Å². The van der Waals surface area contributed by atoms with E-state index in [-0.39, 0.29) is 11.8 Å². The Kier molecular flexibility index (Phi) is 6.70. The molecule has 2 heterocycles. The van der Waals surface area contributed by atoms with Crippen molar-refractivity contribution in [3.63, 3.8) is 0 Å². The molecule has 1 amide bonds. The Labute approximate surface area is 206 Å². The molecular weight excluding hydrogens is 438 g/mol. The number of anilines is 1. The fraction of sp³-hybridized carbons (Fsp3) is 0.310. The number of ether oxygens (including phenoxy) is 2. The van der Waals surface area contributed by atoms with Gasteiger partial charge in [0.2, 0.25) is 5.91 Å². The second-order valence-corrected chi connectivity index (χ2v) is 8.85. The Morgan fingerprint density at radius 2 is 1.71 bits per heavy atom. The van der Waals surface area contributed by atoms with Crippen molar-refractivity contribution in [3.05, 3.63) is 84.2 Å². The van der Waals surface area contributed by atoms with E-state index in [0.29, 0.717) is 19.6 Å². The normalized spacial score (nSPS) is 15.7. The largest absolute Gasteiger partial charge is 0.493 e. The lowest BCUT2D eigenvalue weighted by Crippen LogP contribution is -2.25. The maximum absolute atomic E-state index is 13.1. The van der Waals surface area contributed by atoms with Crippen molar-refractivity contribution < 1.29 is 14.3 Å². The van der Waals surface area contributed by atoms with Crippen molar-refractivity contribution in [3.8, 4) is 11.5 Å². The molecule has 6 heteroatoms. The first kappa shape index (κ1) is 23.0. The second kappa shape index (κ2) is 10.2. The van der Waals surface area contributed by atoms with Crippen molar-refractivity contribution >= 4 is 22.6 Å². The van der Waals surface area contributed by atoms with Crippen molar-refractivity contribution in [2.75, 3.05) is 25.2 Å². The molecule has 1 aliphatic heterocycles. The Balaban J connectivity index is 1.36. The minimum Gasteiger partial charge on any atom is -0.493 e. The van der Waals surface area contributed by atoms with Gasteiger partial charge in [-0.3, -0.25) is 4.79 Å². The third kappa shape index (κ3) is 4.61. The van der Waals surface area contributed by atoms with Crippen LogP contribution >= 0.6 is 0 Å². The molecule has 0 radical (unpaired) electrons. The number of aryl methyl sites for hydroxylation is 2. The third-order valence-electron chi connectivity index (χ3n) is 6.69. The molecule has 1 saturated heterocycles. The molecule has 0 unspecified atom stereocenters. The van der Waals surface area contributed by atoms with Gasteiger partial charge in [-0.25, -0.2) is 4.98 Å². The quantitative estimate of drug-likeness (QED) is 0.300. The highest BCUT2D eigenvalue weighted by Gasteiger charge is 2.35. The zero-order valence-electron chi connectivity index (χ0n) is 20.3. The molecule has 0 aliphatic carbocycles. The zero-order valence-corrected chi connectivity index (χ0v) is 20.3. The first-order valence-corrected chi connectivity index (χ1v) is 12.3. The molecule has 6 nitrogen and oxygen atoms in total. The summed E-state index contributed by atoms with van der Waals surface area (Å²) in [6, 6.07) is 24.1. The minimum absolute atomic E-state index is 0.0509. The van der Waals surface area contributed by atoms with Crippen LogP contribution in [0.1, 0.15) is 37.1 Å². The summed E-state index contributed by atoms with van der Waals surface area (Å²) in [5, 5.41) is 0. The molecule has 0 N–H and O–H groups in total. The van der Waals surface area contributed by atoms with Gasteiger partial charge in [0.15, 0.2) is 11.5 Å². The zero-order chi connectivity index (χ0) is 24.2. The molecule has 0 saturated carbocycles. The summed E-state index contributed by atoms with van der Waals surface area (Å²) in [5.74, 6) is 2.67. The summed E-state index contributed by atoms with van der Waals surface area (Å²) in [4.78, 5) is 20.0. The highest BCUT2D eigenvalue weighted by molar-refractivity contribution is 5.97. The Hall–Kier alpha value is -3.80. The Morgan fingerprint density at radius 1 is 0.971 bits per heavy atom. The van der Waals surface area contributed by atoms with Crippen LogP contribution in [0.25, 0.3) is 11.0 Å². The van der Waals surface area contributed by atoms with Gasteiger partial charge in [-0.05, 0) is 48.7 Å². The first-order valence-electron chi connectivity index (χ1n) is 12.3. The molecule has 1 atom stereocenters. The number of carbonyl (C=O) groups excluding carboxylic acids is 1. The number of amides is 1. The van der Waals surface area contributed by atoms with Crippen molar-refractivity contribution in [1.82, 2.24) is 9.55 Å². The van der Waals surface area contributed by atoms with E-state index in [1.807, 2.05) is 59.5 Å². The van der Waals surface area contributed by atoms with Crippen LogP contribution in [0, 0.1) is 0 Å². The number of benzene rings is 3. The number of fused-ring (bicyclic) bond motifs is 1. The van der Waals surface area contributed by atoms with E-state index in [1.54, 1.807) is 7.11 Å². The molecule has 5 rings (SSSR count). The van der Waals surface area contributed by atoms with Crippen molar-refractivity contribution in [2.24, 2.45) is 0 Å². The lowest BCUT2D eigenvalue weighted by atomic mass is 10.1. The molecule has 35 heavy (non-hydrogen) atoms. The summed E-state index contributed by atoms with van der Waals surface area (Å²) in [7, 11) is 1.65. The van der Waals surface area contributed by atoms with Gasteiger partial charge in [0.1, 0.15) is 5.82 Å².